The fourth-order valence-corrected chi connectivity index (χ4v) is 2.38. The lowest BCUT2D eigenvalue weighted by molar-refractivity contribution is 0.682. The summed E-state index contributed by atoms with van der Waals surface area (Å²) in [5.41, 5.74) is 8.01. The van der Waals surface area contributed by atoms with Gasteiger partial charge < -0.3 is 5.73 Å². The van der Waals surface area contributed by atoms with E-state index in [1.807, 2.05) is 19.1 Å². The van der Waals surface area contributed by atoms with Crippen LogP contribution >= 0.6 is 0 Å². The molecule has 0 saturated carbocycles. The molecule has 0 aliphatic rings. The van der Waals surface area contributed by atoms with E-state index in [-0.39, 0.29) is 0 Å². The van der Waals surface area contributed by atoms with Gasteiger partial charge in [-0.1, -0.05) is 6.07 Å². The van der Waals surface area contributed by atoms with Gasteiger partial charge in [0.25, 0.3) is 0 Å². The molecule has 1 unspecified atom stereocenters. The molecule has 0 aliphatic carbocycles. The van der Waals surface area contributed by atoms with E-state index in [4.69, 9.17) is 11.0 Å². The fraction of sp³-hybridized carbons (Fsp3) is 0.364. The number of hydrogen-bond donors (Lipinski definition) is 1. The second-order valence-corrected chi connectivity index (χ2v) is 4.91. The number of nitriles is 1. The molecule has 0 spiro atoms. The van der Waals surface area contributed by atoms with E-state index in [1.165, 1.54) is 0 Å². The topological polar surface area (TPSA) is 66.9 Å². The Labute approximate surface area is 92.4 Å². The Balaban J connectivity index is 2.79. The van der Waals surface area contributed by atoms with Crippen LogP contribution in [0.1, 0.15) is 16.7 Å². The maximum atomic E-state index is 11.5. The molecule has 1 aromatic carbocycles. The van der Waals surface area contributed by atoms with Crippen LogP contribution in [-0.2, 0) is 16.6 Å². The Hall–Kier alpha value is -1.18. The van der Waals surface area contributed by atoms with Crippen LogP contribution in [0.5, 0.6) is 0 Å². The van der Waals surface area contributed by atoms with Crippen LogP contribution in [0, 0.1) is 18.3 Å². The molecule has 0 aromatic heterocycles. The van der Waals surface area contributed by atoms with Crippen LogP contribution in [0.2, 0.25) is 0 Å². The lowest BCUT2D eigenvalue weighted by Gasteiger charge is -2.05. The lowest BCUT2D eigenvalue weighted by Crippen LogP contribution is -2.12. The molecule has 0 radical (unpaired) electrons. The van der Waals surface area contributed by atoms with Gasteiger partial charge in [-0.15, -0.1) is 0 Å². The quantitative estimate of drug-likeness (QED) is 0.828. The number of hydrogen-bond acceptors (Lipinski definition) is 3. The Morgan fingerprint density at radius 1 is 1.53 bits per heavy atom. The molecule has 15 heavy (non-hydrogen) atoms. The van der Waals surface area contributed by atoms with E-state index in [9.17, 15) is 4.21 Å². The van der Waals surface area contributed by atoms with Crippen LogP contribution in [-0.4, -0.2) is 16.5 Å². The third-order valence-corrected chi connectivity index (χ3v) is 3.46. The number of nitrogens with two attached hydrogens (primary N) is 1. The third kappa shape index (κ3) is 3.46. The van der Waals surface area contributed by atoms with E-state index >= 15 is 0 Å². The van der Waals surface area contributed by atoms with Crippen LogP contribution in [0.3, 0.4) is 0 Å². The summed E-state index contributed by atoms with van der Waals surface area (Å²) in [5, 5.41) is 8.69. The first-order chi connectivity index (χ1) is 7.17. The maximum Gasteiger partial charge on any atom is 0.0991 e. The highest BCUT2D eigenvalue weighted by atomic mass is 32.2. The molecule has 0 saturated heterocycles. The Bertz CT molecular complexity index is 410. The van der Waals surface area contributed by atoms with Gasteiger partial charge in [0.15, 0.2) is 0 Å². The van der Waals surface area contributed by atoms with Gasteiger partial charge in [0.05, 0.1) is 11.6 Å². The molecule has 3 nitrogen and oxygen atoms in total. The Morgan fingerprint density at radius 2 is 2.27 bits per heavy atom. The molecule has 4 heteroatoms. The summed E-state index contributed by atoms with van der Waals surface area (Å²) in [6.45, 7) is 2.37. The highest BCUT2D eigenvalue weighted by Gasteiger charge is 2.04. The number of benzene rings is 1. The second kappa shape index (κ2) is 5.64. The molecule has 0 aliphatic heterocycles. The zero-order valence-electron chi connectivity index (χ0n) is 8.69. The minimum absolute atomic E-state index is 0.446. The van der Waals surface area contributed by atoms with Crippen molar-refractivity contribution >= 4 is 10.8 Å². The standard InChI is InChI=1S/C11H14N2OS/c1-9-6-10(7-13)2-3-11(9)8-15(14)5-4-12/h2-3,6H,4-5,8,12H2,1H3. The van der Waals surface area contributed by atoms with Crippen molar-refractivity contribution in [3.63, 3.8) is 0 Å². The van der Waals surface area contributed by atoms with E-state index in [0.717, 1.165) is 11.1 Å². The average molecular weight is 222 g/mol. The Morgan fingerprint density at radius 3 is 2.80 bits per heavy atom. The van der Waals surface area contributed by atoms with Crippen molar-refractivity contribution in [3.8, 4) is 6.07 Å². The minimum Gasteiger partial charge on any atom is -0.330 e. The van der Waals surface area contributed by atoms with E-state index < -0.39 is 10.8 Å². The van der Waals surface area contributed by atoms with Gasteiger partial charge in [0.2, 0.25) is 0 Å². The predicted octanol–water partition coefficient (Wildman–Crippen LogP) is 1.07. The SMILES string of the molecule is Cc1cc(C#N)ccc1CS(=O)CCN. The highest BCUT2D eigenvalue weighted by Crippen LogP contribution is 2.12. The van der Waals surface area contributed by atoms with E-state index in [2.05, 4.69) is 6.07 Å². The fourth-order valence-electron chi connectivity index (χ4n) is 1.30. The van der Waals surface area contributed by atoms with Crippen molar-refractivity contribution in [2.45, 2.75) is 12.7 Å². The van der Waals surface area contributed by atoms with Crippen molar-refractivity contribution in [3.05, 3.63) is 34.9 Å². The Kier molecular flexibility index (Phi) is 4.47. The number of rotatable bonds is 4. The smallest absolute Gasteiger partial charge is 0.0991 e. The number of nitrogens with zero attached hydrogens (tertiary/aromatic N) is 1. The maximum absolute atomic E-state index is 11.5. The van der Waals surface area contributed by atoms with Gasteiger partial charge in [0.1, 0.15) is 0 Å². The summed E-state index contributed by atoms with van der Waals surface area (Å²) in [5.74, 6) is 1.05. The van der Waals surface area contributed by atoms with Gasteiger partial charge in [-0.25, -0.2) is 0 Å². The van der Waals surface area contributed by atoms with Gasteiger partial charge in [0, 0.05) is 28.9 Å². The van der Waals surface area contributed by atoms with Crippen LogP contribution in [0.4, 0.5) is 0 Å². The van der Waals surface area contributed by atoms with Gasteiger partial charge >= 0.3 is 0 Å². The average Bonchev–Trinajstić information content (AvgIpc) is 2.21. The largest absolute Gasteiger partial charge is 0.330 e. The molecule has 1 aromatic rings. The minimum atomic E-state index is -0.898. The van der Waals surface area contributed by atoms with Crippen molar-refractivity contribution in [1.82, 2.24) is 0 Å². The highest BCUT2D eigenvalue weighted by molar-refractivity contribution is 7.84. The molecule has 1 rings (SSSR count). The molecule has 0 amide bonds. The van der Waals surface area contributed by atoms with E-state index in [0.29, 0.717) is 23.6 Å². The van der Waals surface area contributed by atoms with Crippen molar-refractivity contribution < 1.29 is 4.21 Å². The summed E-state index contributed by atoms with van der Waals surface area (Å²) in [6, 6.07) is 7.51. The first-order valence-electron chi connectivity index (χ1n) is 4.72. The van der Waals surface area contributed by atoms with Gasteiger partial charge in [-0.05, 0) is 30.2 Å². The first kappa shape index (κ1) is 11.9. The summed E-state index contributed by atoms with van der Waals surface area (Å²) >= 11 is 0. The molecule has 0 heterocycles. The summed E-state index contributed by atoms with van der Waals surface area (Å²) in [4.78, 5) is 0. The second-order valence-electron chi connectivity index (χ2n) is 3.33. The third-order valence-electron chi connectivity index (χ3n) is 2.13. The molecular weight excluding hydrogens is 208 g/mol. The molecule has 80 valence electrons. The first-order valence-corrected chi connectivity index (χ1v) is 6.21. The van der Waals surface area contributed by atoms with Crippen molar-refractivity contribution in [2.75, 3.05) is 12.3 Å². The summed E-state index contributed by atoms with van der Waals surface area (Å²) < 4.78 is 11.5. The van der Waals surface area contributed by atoms with Crippen LogP contribution in [0.25, 0.3) is 0 Å². The van der Waals surface area contributed by atoms with E-state index in [1.54, 1.807) is 6.07 Å². The lowest BCUT2D eigenvalue weighted by atomic mass is 10.1. The van der Waals surface area contributed by atoms with Crippen molar-refractivity contribution in [1.29, 1.82) is 5.26 Å². The molecule has 0 fully saturated rings. The predicted molar refractivity (Wildman–Crippen MR) is 61.7 cm³/mol. The molecule has 0 bridgehead atoms. The van der Waals surface area contributed by atoms with Gasteiger partial charge in [-0.3, -0.25) is 4.21 Å². The zero-order valence-corrected chi connectivity index (χ0v) is 9.51. The molecule has 1 atom stereocenters. The zero-order chi connectivity index (χ0) is 11.3. The monoisotopic (exact) mass is 222 g/mol. The van der Waals surface area contributed by atoms with Crippen molar-refractivity contribution in [2.24, 2.45) is 5.73 Å². The molecular formula is C11H14N2OS. The van der Waals surface area contributed by atoms with Crippen LogP contribution in [0.15, 0.2) is 18.2 Å². The normalized spacial score (nSPS) is 12.1. The van der Waals surface area contributed by atoms with Crippen LogP contribution < -0.4 is 5.73 Å². The molecule has 2 N–H and O–H groups in total. The summed E-state index contributed by atoms with van der Waals surface area (Å²) in [7, 11) is -0.898. The number of aryl methyl sites for hydroxylation is 1. The van der Waals surface area contributed by atoms with Gasteiger partial charge in [-0.2, -0.15) is 5.26 Å². The summed E-state index contributed by atoms with van der Waals surface area (Å²) in [6.07, 6.45) is 0.